The minimum absolute atomic E-state index is 0.187. The molecule has 1 aliphatic heterocycles. The molecule has 5 heteroatoms. The van der Waals surface area contributed by atoms with E-state index in [2.05, 4.69) is 9.55 Å². The third kappa shape index (κ3) is 2.67. The summed E-state index contributed by atoms with van der Waals surface area (Å²) in [7, 11) is 0. The predicted octanol–water partition coefficient (Wildman–Crippen LogP) is 2.73. The van der Waals surface area contributed by atoms with Crippen LogP contribution in [0.15, 0.2) is 65.7 Å². The van der Waals surface area contributed by atoms with E-state index in [4.69, 9.17) is 0 Å². The van der Waals surface area contributed by atoms with Crippen LogP contribution in [0.25, 0.3) is 0 Å². The minimum Gasteiger partial charge on any atom is -0.364 e. The fraction of sp³-hybridized carbons (Fsp3) is 0.200. The van der Waals surface area contributed by atoms with E-state index in [0.717, 1.165) is 23.5 Å². The summed E-state index contributed by atoms with van der Waals surface area (Å²) < 4.78 is 2.17. The number of rotatable bonds is 2. The van der Waals surface area contributed by atoms with Crippen LogP contribution in [0.4, 0.5) is 0 Å². The zero-order valence-electron chi connectivity index (χ0n) is 14.0. The van der Waals surface area contributed by atoms with Crippen molar-refractivity contribution in [3.05, 3.63) is 93.7 Å². The predicted molar refractivity (Wildman–Crippen MR) is 95.6 cm³/mol. The number of aromatic amines is 1. The molecule has 2 aromatic heterocycles. The first-order chi connectivity index (χ1) is 12.1. The summed E-state index contributed by atoms with van der Waals surface area (Å²) in [6.07, 6.45) is 3.56. The van der Waals surface area contributed by atoms with Crippen molar-refractivity contribution >= 4 is 5.91 Å². The molecule has 0 bridgehead atoms. The van der Waals surface area contributed by atoms with Crippen molar-refractivity contribution in [2.24, 2.45) is 0 Å². The number of pyridine rings is 1. The lowest BCUT2D eigenvalue weighted by Crippen LogP contribution is -2.43. The van der Waals surface area contributed by atoms with Crippen molar-refractivity contribution in [1.29, 1.82) is 0 Å². The third-order valence-corrected chi connectivity index (χ3v) is 4.70. The van der Waals surface area contributed by atoms with E-state index in [-0.39, 0.29) is 22.9 Å². The normalized spacial score (nSPS) is 16.5. The molecular weight excluding hydrogens is 314 g/mol. The van der Waals surface area contributed by atoms with Crippen molar-refractivity contribution in [1.82, 2.24) is 14.5 Å². The molecule has 1 N–H and O–H groups in total. The van der Waals surface area contributed by atoms with Crippen LogP contribution >= 0.6 is 0 Å². The summed E-state index contributed by atoms with van der Waals surface area (Å²) in [6, 6.07) is 15.3. The van der Waals surface area contributed by atoms with Gasteiger partial charge >= 0.3 is 0 Å². The Bertz CT molecular complexity index is 972. The summed E-state index contributed by atoms with van der Waals surface area (Å²) in [6.45, 7) is 3.09. The number of hydrogen-bond acceptors (Lipinski definition) is 2. The van der Waals surface area contributed by atoms with E-state index in [1.807, 2.05) is 48.7 Å². The first-order valence-electron chi connectivity index (χ1n) is 8.35. The highest BCUT2D eigenvalue weighted by atomic mass is 16.2. The molecular formula is C20H19N3O2. The van der Waals surface area contributed by atoms with Crippen LogP contribution in [0.5, 0.6) is 0 Å². The summed E-state index contributed by atoms with van der Waals surface area (Å²) in [4.78, 5) is 30.2. The average Bonchev–Trinajstić information content (AvgIpc) is 3.10. The van der Waals surface area contributed by atoms with Gasteiger partial charge in [-0.1, -0.05) is 30.3 Å². The number of nitrogens with one attached hydrogen (secondary N) is 1. The van der Waals surface area contributed by atoms with Gasteiger partial charge in [-0.15, -0.1) is 0 Å². The minimum atomic E-state index is -0.242. The van der Waals surface area contributed by atoms with Gasteiger partial charge in [0.1, 0.15) is 5.56 Å². The molecule has 1 amide bonds. The zero-order valence-corrected chi connectivity index (χ0v) is 14.0. The number of fused-ring (bicyclic) bond motifs is 1. The molecule has 1 aliphatic rings. The Morgan fingerprint density at radius 2 is 1.92 bits per heavy atom. The Labute approximate surface area is 145 Å². The van der Waals surface area contributed by atoms with Gasteiger partial charge in [0.05, 0.1) is 6.04 Å². The number of benzene rings is 1. The second-order valence-electron chi connectivity index (χ2n) is 6.33. The van der Waals surface area contributed by atoms with Gasteiger partial charge in [0.15, 0.2) is 5.43 Å². The van der Waals surface area contributed by atoms with Gasteiger partial charge < -0.3 is 14.5 Å². The molecule has 4 rings (SSSR count). The van der Waals surface area contributed by atoms with Gasteiger partial charge in [-0.2, -0.15) is 0 Å². The van der Waals surface area contributed by atoms with Crippen LogP contribution in [0.1, 0.15) is 33.4 Å². The lowest BCUT2D eigenvalue weighted by atomic mass is 9.99. The van der Waals surface area contributed by atoms with E-state index in [1.54, 1.807) is 11.8 Å². The van der Waals surface area contributed by atoms with Crippen molar-refractivity contribution in [3.63, 3.8) is 0 Å². The van der Waals surface area contributed by atoms with Crippen LogP contribution in [-0.2, 0) is 6.54 Å². The molecule has 0 fully saturated rings. The van der Waals surface area contributed by atoms with Gasteiger partial charge in [0.25, 0.3) is 5.91 Å². The Hall–Kier alpha value is -3.08. The van der Waals surface area contributed by atoms with Crippen LogP contribution < -0.4 is 5.43 Å². The highest BCUT2D eigenvalue weighted by Crippen LogP contribution is 2.33. The number of aryl methyl sites for hydroxylation is 1. The molecule has 0 unspecified atom stereocenters. The number of carbonyl (C=O) groups excluding carboxylic acids is 1. The monoisotopic (exact) mass is 333 g/mol. The molecule has 25 heavy (non-hydrogen) atoms. The topological polar surface area (TPSA) is 58.1 Å². The van der Waals surface area contributed by atoms with Gasteiger partial charge in [0.2, 0.25) is 0 Å². The Morgan fingerprint density at radius 1 is 1.12 bits per heavy atom. The number of carbonyl (C=O) groups is 1. The Balaban J connectivity index is 1.80. The quantitative estimate of drug-likeness (QED) is 0.784. The molecule has 0 saturated heterocycles. The largest absolute Gasteiger partial charge is 0.364 e. The molecule has 1 aromatic carbocycles. The first kappa shape index (κ1) is 15.4. The van der Waals surface area contributed by atoms with E-state index in [1.165, 1.54) is 12.3 Å². The number of H-pyrrole nitrogens is 1. The summed E-state index contributed by atoms with van der Waals surface area (Å²) in [5.74, 6) is -0.234. The Kier molecular flexibility index (Phi) is 3.76. The van der Waals surface area contributed by atoms with Crippen LogP contribution in [0.3, 0.4) is 0 Å². The summed E-state index contributed by atoms with van der Waals surface area (Å²) in [5, 5.41) is 0. The van der Waals surface area contributed by atoms with Gasteiger partial charge in [-0.25, -0.2) is 0 Å². The van der Waals surface area contributed by atoms with E-state index in [0.29, 0.717) is 6.54 Å². The fourth-order valence-corrected chi connectivity index (χ4v) is 3.48. The molecule has 0 spiro atoms. The maximum Gasteiger partial charge on any atom is 0.260 e. The van der Waals surface area contributed by atoms with Crippen LogP contribution in [0, 0.1) is 6.92 Å². The maximum absolute atomic E-state index is 13.1. The zero-order chi connectivity index (χ0) is 17.4. The van der Waals surface area contributed by atoms with Crippen molar-refractivity contribution in [2.75, 3.05) is 6.54 Å². The van der Waals surface area contributed by atoms with Crippen molar-refractivity contribution < 1.29 is 4.79 Å². The fourth-order valence-electron chi connectivity index (χ4n) is 3.48. The van der Waals surface area contributed by atoms with E-state index >= 15 is 0 Å². The number of amides is 1. The first-order valence-corrected chi connectivity index (χ1v) is 8.35. The number of hydrogen-bond donors (Lipinski definition) is 1. The lowest BCUT2D eigenvalue weighted by Gasteiger charge is -2.37. The van der Waals surface area contributed by atoms with Gasteiger partial charge in [-0.3, -0.25) is 9.59 Å². The molecule has 0 aliphatic carbocycles. The summed E-state index contributed by atoms with van der Waals surface area (Å²) >= 11 is 0. The molecule has 3 heterocycles. The molecule has 5 nitrogen and oxygen atoms in total. The SMILES string of the molecule is Cc1cc(=O)c(C(=O)N2CCn3cccc3[C@@H]2c2ccccc2)c[nH]1. The molecule has 3 aromatic rings. The summed E-state index contributed by atoms with van der Waals surface area (Å²) in [5.41, 5.74) is 2.79. The second-order valence-corrected chi connectivity index (χ2v) is 6.33. The standard InChI is InChI=1S/C20H19N3O2/c1-14-12-18(24)16(13-21-14)20(25)23-11-10-22-9-5-8-17(22)19(23)15-6-3-2-4-7-15/h2-9,12-13,19H,10-11H2,1H3,(H,21,24)/t19-/m0/s1. The molecule has 126 valence electrons. The lowest BCUT2D eigenvalue weighted by molar-refractivity contribution is 0.0662. The average molecular weight is 333 g/mol. The highest BCUT2D eigenvalue weighted by Gasteiger charge is 2.33. The maximum atomic E-state index is 13.1. The van der Waals surface area contributed by atoms with E-state index in [9.17, 15) is 9.59 Å². The number of aromatic nitrogens is 2. The molecule has 0 saturated carbocycles. The van der Waals surface area contributed by atoms with Crippen LogP contribution in [0.2, 0.25) is 0 Å². The van der Waals surface area contributed by atoms with Crippen LogP contribution in [-0.4, -0.2) is 26.9 Å². The van der Waals surface area contributed by atoms with Crippen molar-refractivity contribution in [2.45, 2.75) is 19.5 Å². The van der Waals surface area contributed by atoms with Gasteiger partial charge in [0, 0.05) is 42.9 Å². The van der Waals surface area contributed by atoms with Crippen molar-refractivity contribution in [3.8, 4) is 0 Å². The second kappa shape index (κ2) is 6.09. The van der Waals surface area contributed by atoms with Gasteiger partial charge in [-0.05, 0) is 24.6 Å². The third-order valence-electron chi connectivity index (χ3n) is 4.70. The highest BCUT2D eigenvalue weighted by molar-refractivity contribution is 5.94. The van der Waals surface area contributed by atoms with E-state index < -0.39 is 0 Å². The molecule has 0 radical (unpaired) electrons. The smallest absolute Gasteiger partial charge is 0.260 e. The molecule has 1 atom stereocenters. The number of nitrogens with zero attached hydrogens (tertiary/aromatic N) is 2. The Morgan fingerprint density at radius 3 is 2.68 bits per heavy atom.